The van der Waals surface area contributed by atoms with Gasteiger partial charge in [0.25, 0.3) is 11.7 Å². The summed E-state index contributed by atoms with van der Waals surface area (Å²) in [7, 11) is 1.46. The Bertz CT molecular complexity index is 1230. The van der Waals surface area contributed by atoms with Gasteiger partial charge in [0.1, 0.15) is 17.3 Å². The number of hydrogen-bond donors (Lipinski definition) is 1. The summed E-state index contributed by atoms with van der Waals surface area (Å²) < 4.78 is 19.0. The second-order valence-corrected chi connectivity index (χ2v) is 7.76. The van der Waals surface area contributed by atoms with E-state index >= 15 is 0 Å². The van der Waals surface area contributed by atoms with Crippen LogP contribution in [-0.2, 0) is 9.59 Å². The Morgan fingerprint density at radius 3 is 2.19 bits per heavy atom. The lowest BCUT2D eigenvalue weighted by atomic mass is 9.94. The first-order chi connectivity index (χ1) is 15.3. The molecule has 1 atom stereocenters. The van der Waals surface area contributed by atoms with Crippen LogP contribution in [0.4, 0.5) is 10.1 Å². The van der Waals surface area contributed by atoms with Crippen LogP contribution < -0.4 is 9.64 Å². The standard InChI is InChI=1S/C26H22FNO4/c1-15-4-11-19(12-5-15)28-23(17-7-9-18(27)10-8-17)22(25(30)26(28)31)24(29)20-14-16(2)6-13-21(20)32-3/h4-14,23,29H,1-3H3/b24-22+. The van der Waals surface area contributed by atoms with Crippen molar-refractivity contribution in [3.05, 3.63) is 100 Å². The molecule has 0 aliphatic carbocycles. The predicted octanol–water partition coefficient (Wildman–Crippen LogP) is 5.08. The third kappa shape index (κ3) is 3.64. The van der Waals surface area contributed by atoms with Crippen LogP contribution in [0, 0.1) is 19.7 Å². The molecule has 1 unspecified atom stereocenters. The Kier molecular flexibility index (Phi) is 5.53. The first kappa shape index (κ1) is 21.3. The van der Waals surface area contributed by atoms with E-state index in [1.165, 1.54) is 36.3 Å². The molecule has 1 N–H and O–H groups in total. The lowest BCUT2D eigenvalue weighted by Crippen LogP contribution is -2.29. The number of halogens is 1. The van der Waals surface area contributed by atoms with Crippen molar-refractivity contribution in [3.8, 4) is 5.75 Å². The smallest absolute Gasteiger partial charge is 0.300 e. The summed E-state index contributed by atoms with van der Waals surface area (Å²) in [6.07, 6.45) is 0. The number of carbonyl (C=O) groups excluding carboxylic acids is 2. The van der Waals surface area contributed by atoms with Crippen molar-refractivity contribution in [1.29, 1.82) is 0 Å². The second kappa shape index (κ2) is 8.30. The number of benzene rings is 3. The van der Waals surface area contributed by atoms with Crippen LogP contribution in [0.2, 0.25) is 0 Å². The maximum atomic E-state index is 13.6. The average Bonchev–Trinajstić information content (AvgIpc) is 3.05. The van der Waals surface area contributed by atoms with Gasteiger partial charge in [-0.2, -0.15) is 0 Å². The van der Waals surface area contributed by atoms with Gasteiger partial charge in [-0.3, -0.25) is 14.5 Å². The van der Waals surface area contributed by atoms with Crippen LogP contribution in [0.3, 0.4) is 0 Å². The number of ether oxygens (including phenoxy) is 1. The maximum absolute atomic E-state index is 13.6. The molecule has 1 amide bonds. The van der Waals surface area contributed by atoms with Crippen LogP contribution in [-0.4, -0.2) is 23.9 Å². The zero-order chi connectivity index (χ0) is 23.0. The van der Waals surface area contributed by atoms with Crippen LogP contribution in [0.5, 0.6) is 5.75 Å². The summed E-state index contributed by atoms with van der Waals surface area (Å²) in [5.41, 5.74) is 3.07. The van der Waals surface area contributed by atoms with Crippen molar-refractivity contribution in [3.63, 3.8) is 0 Å². The first-order valence-corrected chi connectivity index (χ1v) is 10.1. The third-order valence-corrected chi connectivity index (χ3v) is 5.55. The fourth-order valence-corrected chi connectivity index (χ4v) is 3.92. The van der Waals surface area contributed by atoms with Gasteiger partial charge in [0.05, 0.1) is 24.3 Å². The molecule has 3 aromatic carbocycles. The molecule has 0 radical (unpaired) electrons. The summed E-state index contributed by atoms with van der Waals surface area (Å²) in [6.45, 7) is 3.76. The minimum absolute atomic E-state index is 0.0777. The van der Waals surface area contributed by atoms with Gasteiger partial charge in [-0.1, -0.05) is 41.5 Å². The van der Waals surface area contributed by atoms with Gasteiger partial charge in [0, 0.05) is 5.69 Å². The number of Topliss-reactive ketones (excluding diaryl/α,β-unsaturated/α-hetero) is 1. The van der Waals surface area contributed by atoms with E-state index in [-0.39, 0.29) is 11.3 Å². The van der Waals surface area contributed by atoms with Crippen molar-refractivity contribution >= 4 is 23.1 Å². The molecule has 1 saturated heterocycles. The van der Waals surface area contributed by atoms with Gasteiger partial charge in [-0.25, -0.2) is 4.39 Å². The highest BCUT2D eigenvalue weighted by molar-refractivity contribution is 6.51. The van der Waals surface area contributed by atoms with Crippen LogP contribution in [0.1, 0.15) is 28.3 Å². The molecule has 0 spiro atoms. The molecular weight excluding hydrogens is 409 g/mol. The van der Waals surface area contributed by atoms with E-state index in [0.29, 0.717) is 22.6 Å². The number of aliphatic hydroxyl groups is 1. The zero-order valence-corrected chi connectivity index (χ0v) is 17.9. The van der Waals surface area contributed by atoms with Crippen molar-refractivity contribution in [2.24, 2.45) is 0 Å². The predicted molar refractivity (Wildman–Crippen MR) is 120 cm³/mol. The normalized spacial score (nSPS) is 17.6. The highest BCUT2D eigenvalue weighted by Crippen LogP contribution is 2.43. The molecule has 3 aromatic rings. The van der Waals surface area contributed by atoms with Crippen molar-refractivity contribution < 1.29 is 23.8 Å². The van der Waals surface area contributed by atoms with E-state index in [2.05, 4.69) is 0 Å². The lowest BCUT2D eigenvalue weighted by molar-refractivity contribution is -0.132. The molecular formula is C26H22FNO4. The molecule has 1 heterocycles. The Hall–Kier alpha value is -3.93. The number of carbonyl (C=O) groups is 2. The minimum atomic E-state index is -0.927. The number of hydrogen-bond acceptors (Lipinski definition) is 4. The van der Waals surface area contributed by atoms with Crippen LogP contribution >= 0.6 is 0 Å². The molecule has 162 valence electrons. The molecule has 0 saturated carbocycles. The molecule has 1 aliphatic heterocycles. The topological polar surface area (TPSA) is 66.8 Å². The van der Waals surface area contributed by atoms with Crippen molar-refractivity contribution in [2.45, 2.75) is 19.9 Å². The molecule has 1 aliphatic rings. The van der Waals surface area contributed by atoms with Gasteiger partial charge in [0.2, 0.25) is 0 Å². The quantitative estimate of drug-likeness (QED) is 0.356. The fraction of sp³-hybridized carbons (Fsp3) is 0.154. The number of rotatable bonds is 4. The Morgan fingerprint density at radius 1 is 0.938 bits per heavy atom. The third-order valence-electron chi connectivity index (χ3n) is 5.55. The van der Waals surface area contributed by atoms with Crippen LogP contribution in [0.15, 0.2) is 72.3 Å². The van der Waals surface area contributed by atoms with E-state index in [1.807, 2.05) is 32.0 Å². The average molecular weight is 431 g/mol. The number of anilines is 1. The van der Waals surface area contributed by atoms with E-state index in [4.69, 9.17) is 4.74 Å². The highest BCUT2D eigenvalue weighted by atomic mass is 19.1. The number of amides is 1. The molecule has 6 heteroatoms. The molecule has 0 aromatic heterocycles. The largest absolute Gasteiger partial charge is 0.507 e. The van der Waals surface area contributed by atoms with Crippen LogP contribution in [0.25, 0.3) is 5.76 Å². The monoisotopic (exact) mass is 431 g/mol. The number of aryl methyl sites for hydroxylation is 2. The van der Waals surface area contributed by atoms with Crippen molar-refractivity contribution in [2.75, 3.05) is 12.0 Å². The van der Waals surface area contributed by atoms with Gasteiger partial charge in [0.15, 0.2) is 0 Å². The summed E-state index contributed by atoms with van der Waals surface area (Å²) in [4.78, 5) is 27.7. The number of aliphatic hydroxyl groups excluding tert-OH is 1. The van der Waals surface area contributed by atoms with E-state index in [0.717, 1.165) is 11.1 Å². The Labute approximate surface area is 185 Å². The number of methoxy groups -OCH3 is 1. The van der Waals surface area contributed by atoms with Crippen molar-refractivity contribution in [1.82, 2.24) is 0 Å². The minimum Gasteiger partial charge on any atom is -0.507 e. The van der Waals surface area contributed by atoms with Gasteiger partial charge < -0.3 is 9.84 Å². The maximum Gasteiger partial charge on any atom is 0.300 e. The van der Waals surface area contributed by atoms with E-state index < -0.39 is 23.5 Å². The van der Waals surface area contributed by atoms with Gasteiger partial charge >= 0.3 is 0 Å². The second-order valence-electron chi connectivity index (χ2n) is 7.76. The molecule has 5 nitrogen and oxygen atoms in total. The fourth-order valence-electron chi connectivity index (χ4n) is 3.92. The Morgan fingerprint density at radius 2 is 1.56 bits per heavy atom. The Balaban J connectivity index is 1.98. The summed E-state index contributed by atoms with van der Waals surface area (Å²) in [5, 5.41) is 11.3. The number of nitrogens with zero attached hydrogens (tertiary/aromatic N) is 1. The lowest BCUT2D eigenvalue weighted by Gasteiger charge is -2.25. The number of ketones is 1. The first-order valence-electron chi connectivity index (χ1n) is 10.1. The molecule has 4 rings (SSSR count). The summed E-state index contributed by atoms with van der Waals surface area (Å²) in [6, 6.07) is 17.0. The zero-order valence-electron chi connectivity index (χ0n) is 17.9. The SMILES string of the molecule is COc1ccc(C)cc1/C(O)=C1\C(=O)C(=O)N(c2ccc(C)cc2)C1c1ccc(F)cc1. The molecule has 0 bridgehead atoms. The highest BCUT2D eigenvalue weighted by Gasteiger charge is 2.47. The summed E-state index contributed by atoms with van der Waals surface area (Å²) >= 11 is 0. The molecule has 32 heavy (non-hydrogen) atoms. The summed E-state index contributed by atoms with van der Waals surface area (Å²) in [5.74, 6) is -2.00. The van der Waals surface area contributed by atoms with Gasteiger partial charge in [-0.05, 0) is 55.8 Å². The van der Waals surface area contributed by atoms with E-state index in [9.17, 15) is 19.1 Å². The van der Waals surface area contributed by atoms with E-state index in [1.54, 1.807) is 24.3 Å². The molecule has 1 fully saturated rings. The van der Waals surface area contributed by atoms with Gasteiger partial charge in [-0.15, -0.1) is 0 Å².